The molecular weight excluding hydrogens is 160 g/mol. The minimum absolute atomic E-state index is 0.404. The highest BCUT2D eigenvalue weighted by Crippen LogP contribution is 2.43. The van der Waals surface area contributed by atoms with Crippen LogP contribution >= 0.6 is 0 Å². The molecule has 0 radical (unpaired) electrons. The Balaban J connectivity index is 2.12. The Morgan fingerprint density at radius 3 is 2.69 bits per heavy atom. The summed E-state index contributed by atoms with van der Waals surface area (Å²) in [4.78, 5) is 0. The molecule has 0 amide bonds. The van der Waals surface area contributed by atoms with Gasteiger partial charge in [0.25, 0.3) is 0 Å². The van der Waals surface area contributed by atoms with E-state index in [2.05, 4.69) is 26.8 Å². The molecule has 2 bridgehead atoms. The smallest absolute Gasteiger partial charge is 0.102 e. The molecule has 0 spiro atoms. The third-order valence-electron chi connectivity index (χ3n) is 3.55. The summed E-state index contributed by atoms with van der Waals surface area (Å²) in [7, 11) is 0. The Hall–Kier alpha value is -0.460. The van der Waals surface area contributed by atoms with Gasteiger partial charge >= 0.3 is 0 Å². The van der Waals surface area contributed by atoms with E-state index >= 15 is 0 Å². The van der Waals surface area contributed by atoms with Crippen LogP contribution in [-0.2, 0) is 4.74 Å². The van der Waals surface area contributed by atoms with Gasteiger partial charge < -0.3 is 4.74 Å². The number of fused-ring (bicyclic) bond motifs is 2. The Bertz CT molecular complexity index is 212. The molecule has 0 aromatic rings. The molecule has 1 heteroatoms. The number of hydrogen-bond donors (Lipinski definition) is 0. The molecule has 0 N–H and O–H groups in total. The summed E-state index contributed by atoms with van der Waals surface area (Å²) < 4.78 is 5.71. The van der Waals surface area contributed by atoms with Gasteiger partial charge in [-0.3, -0.25) is 0 Å². The normalized spacial score (nSPS) is 38.5. The van der Waals surface area contributed by atoms with Gasteiger partial charge in [-0.25, -0.2) is 0 Å². The van der Waals surface area contributed by atoms with Gasteiger partial charge in [-0.1, -0.05) is 20.8 Å². The van der Waals surface area contributed by atoms with Crippen molar-refractivity contribution >= 4 is 0 Å². The van der Waals surface area contributed by atoms with E-state index in [0.29, 0.717) is 11.5 Å². The molecule has 2 rings (SSSR count). The van der Waals surface area contributed by atoms with Crippen LogP contribution in [0.15, 0.2) is 12.3 Å². The molecule has 0 unspecified atom stereocenters. The van der Waals surface area contributed by atoms with E-state index < -0.39 is 0 Å². The molecule has 3 atom stereocenters. The van der Waals surface area contributed by atoms with Gasteiger partial charge in [0, 0.05) is 5.92 Å². The quantitative estimate of drug-likeness (QED) is 0.555. The van der Waals surface area contributed by atoms with E-state index in [0.717, 1.165) is 11.8 Å². The zero-order valence-corrected chi connectivity index (χ0v) is 8.92. The summed E-state index contributed by atoms with van der Waals surface area (Å²) in [5, 5.41) is 0. The number of hydrogen-bond acceptors (Lipinski definition) is 1. The van der Waals surface area contributed by atoms with Crippen LogP contribution in [0, 0.1) is 17.3 Å². The highest BCUT2D eigenvalue weighted by Gasteiger charge is 2.39. The SMILES string of the molecule is CC(C)(C)[C@H]1CC[C@H]2C=CO[C@@H]1C2. The second-order valence-corrected chi connectivity index (χ2v) is 5.55. The summed E-state index contributed by atoms with van der Waals surface area (Å²) in [6.45, 7) is 7.00. The predicted octanol–water partition coefficient (Wildman–Crippen LogP) is 3.36. The molecule has 1 saturated carbocycles. The molecule has 1 aliphatic carbocycles. The van der Waals surface area contributed by atoms with E-state index in [1.54, 1.807) is 0 Å². The van der Waals surface area contributed by atoms with Crippen LogP contribution in [0.25, 0.3) is 0 Å². The van der Waals surface area contributed by atoms with Crippen LogP contribution < -0.4 is 0 Å². The molecule has 13 heavy (non-hydrogen) atoms. The molecule has 0 aromatic carbocycles. The first kappa shape index (κ1) is 9.11. The maximum Gasteiger partial charge on any atom is 0.102 e. The third kappa shape index (κ3) is 1.74. The first-order chi connectivity index (χ1) is 6.07. The summed E-state index contributed by atoms with van der Waals surface area (Å²) in [6, 6.07) is 0. The number of ether oxygens (including phenoxy) is 1. The van der Waals surface area contributed by atoms with Crippen molar-refractivity contribution in [2.24, 2.45) is 17.3 Å². The lowest BCUT2D eigenvalue weighted by atomic mass is 9.67. The molecule has 0 saturated heterocycles. The molecule has 1 aliphatic heterocycles. The summed E-state index contributed by atoms with van der Waals surface area (Å²) in [6.07, 6.45) is 8.59. The Kier molecular flexibility index (Phi) is 2.13. The molecule has 2 aliphatic rings. The summed E-state index contributed by atoms with van der Waals surface area (Å²) >= 11 is 0. The van der Waals surface area contributed by atoms with Crippen LogP contribution in [0.2, 0.25) is 0 Å². The zero-order chi connectivity index (χ0) is 9.47. The highest BCUT2D eigenvalue weighted by molar-refractivity contribution is 4.98. The molecule has 74 valence electrons. The minimum atomic E-state index is 0.404. The van der Waals surface area contributed by atoms with E-state index in [1.165, 1.54) is 19.3 Å². The minimum Gasteiger partial charge on any atom is -0.498 e. The first-order valence-corrected chi connectivity index (χ1v) is 5.39. The summed E-state index contributed by atoms with van der Waals surface area (Å²) in [5.41, 5.74) is 0.404. The molecule has 1 nitrogen and oxygen atoms in total. The second-order valence-electron chi connectivity index (χ2n) is 5.55. The van der Waals surface area contributed by atoms with Crippen molar-refractivity contribution in [2.75, 3.05) is 0 Å². The molecule has 1 fully saturated rings. The molecular formula is C12H20O. The maximum absolute atomic E-state index is 5.71. The standard InChI is InChI=1S/C12H20O/c1-12(2,3)10-5-4-9-6-7-13-11(10)8-9/h6-7,9-11H,4-5,8H2,1-3H3/t9-,10-,11+/m0/s1. The zero-order valence-electron chi connectivity index (χ0n) is 8.92. The largest absolute Gasteiger partial charge is 0.498 e. The van der Waals surface area contributed by atoms with Crippen molar-refractivity contribution in [3.8, 4) is 0 Å². The third-order valence-corrected chi connectivity index (χ3v) is 3.55. The van der Waals surface area contributed by atoms with E-state index in [4.69, 9.17) is 4.74 Å². The average Bonchev–Trinajstić information content (AvgIpc) is 2.02. The van der Waals surface area contributed by atoms with Gasteiger partial charge in [0.2, 0.25) is 0 Å². The van der Waals surface area contributed by atoms with Crippen molar-refractivity contribution < 1.29 is 4.74 Å². The van der Waals surface area contributed by atoms with Crippen LogP contribution in [0.5, 0.6) is 0 Å². The van der Waals surface area contributed by atoms with Crippen molar-refractivity contribution in [3.05, 3.63) is 12.3 Å². The van der Waals surface area contributed by atoms with Crippen molar-refractivity contribution in [3.63, 3.8) is 0 Å². The topological polar surface area (TPSA) is 9.23 Å². The Morgan fingerprint density at radius 1 is 1.23 bits per heavy atom. The summed E-state index contributed by atoms with van der Waals surface area (Å²) in [5.74, 6) is 1.55. The van der Waals surface area contributed by atoms with E-state index in [9.17, 15) is 0 Å². The van der Waals surface area contributed by atoms with Crippen molar-refractivity contribution in [2.45, 2.75) is 46.1 Å². The molecule has 0 aromatic heterocycles. The van der Waals surface area contributed by atoms with Gasteiger partial charge in [-0.15, -0.1) is 0 Å². The number of rotatable bonds is 0. The van der Waals surface area contributed by atoms with Crippen LogP contribution in [0.4, 0.5) is 0 Å². The monoisotopic (exact) mass is 180 g/mol. The van der Waals surface area contributed by atoms with Gasteiger partial charge in [-0.2, -0.15) is 0 Å². The lowest BCUT2D eigenvalue weighted by Crippen LogP contribution is -2.39. The van der Waals surface area contributed by atoms with Crippen LogP contribution in [0.3, 0.4) is 0 Å². The van der Waals surface area contributed by atoms with Gasteiger partial charge in [-0.05, 0) is 36.7 Å². The highest BCUT2D eigenvalue weighted by atomic mass is 16.5. The maximum atomic E-state index is 5.71. The van der Waals surface area contributed by atoms with Gasteiger partial charge in [0.05, 0.1) is 6.26 Å². The lowest BCUT2D eigenvalue weighted by Gasteiger charge is -2.43. The average molecular weight is 180 g/mol. The first-order valence-electron chi connectivity index (χ1n) is 5.39. The van der Waals surface area contributed by atoms with Crippen molar-refractivity contribution in [1.29, 1.82) is 0 Å². The van der Waals surface area contributed by atoms with Gasteiger partial charge in [0.15, 0.2) is 0 Å². The molecule has 1 heterocycles. The lowest BCUT2D eigenvalue weighted by molar-refractivity contribution is -0.0241. The van der Waals surface area contributed by atoms with Crippen molar-refractivity contribution in [1.82, 2.24) is 0 Å². The van der Waals surface area contributed by atoms with Crippen LogP contribution in [-0.4, -0.2) is 6.10 Å². The number of allylic oxidation sites excluding steroid dienone is 1. The van der Waals surface area contributed by atoms with E-state index in [1.807, 2.05) is 6.26 Å². The van der Waals surface area contributed by atoms with E-state index in [-0.39, 0.29) is 0 Å². The Morgan fingerprint density at radius 2 is 2.00 bits per heavy atom. The fourth-order valence-corrected chi connectivity index (χ4v) is 2.73. The second kappa shape index (κ2) is 3.04. The fraction of sp³-hybridized carbons (Fsp3) is 0.833. The Labute approximate surface area is 81.2 Å². The predicted molar refractivity (Wildman–Crippen MR) is 54.3 cm³/mol. The van der Waals surface area contributed by atoms with Crippen LogP contribution in [0.1, 0.15) is 40.0 Å². The fourth-order valence-electron chi connectivity index (χ4n) is 2.73. The van der Waals surface area contributed by atoms with Gasteiger partial charge in [0.1, 0.15) is 6.10 Å².